The molecular weight excluding hydrogens is 350 g/mol. The van der Waals surface area contributed by atoms with Crippen molar-refractivity contribution in [1.82, 2.24) is 19.8 Å². The number of thioether (sulfide) groups is 2. The fraction of sp³-hybridized carbons (Fsp3) is 0.286. The summed E-state index contributed by atoms with van der Waals surface area (Å²) in [6.07, 6.45) is 0. The van der Waals surface area contributed by atoms with Gasteiger partial charge >= 0.3 is 0 Å². The number of aromatic nitrogens is 4. The van der Waals surface area contributed by atoms with Crippen LogP contribution in [0.3, 0.4) is 0 Å². The molecule has 2 aromatic heterocycles. The van der Waals surface area contributed by atoms with Crippen molar-refractivity contribution in [3.63, 3.8) is 0 Å². The van der Waals surface area contributed by atoms with Crippen molar-refractivity contribution < 1.29 is 4.74 Å². The van der Waals surface area contributed by atoms with E-state index in [0.29, 0.717) is 6.61 Å². The third-order valence-corrected chi connectivity index (χ3v) is 6.21. The topological polar surface area (TPSA) is 64.7 Å². The quantitative estimate of drug-likeness (QED) is 0.694. The van der Waals surface area contributed by atoms with E-state index in [2.05, 4.69) is 20.3 Å². The number of aliphatic imine (C=N–C) groups is 1. The molecule has 0 spiro atoms. The lowest BCUT2D eigenvalue weighted by atomic mass is 10.3. The van der Waals surface area contributed by atoms with Gasteiger partial charge in [-0.2, -0.15) is 9.61 Å². The highest BCUT2D eigenvalue weighted by Crippen LogP contribution is 2.25. The Kier molecular flexibility index (Phi) is 4.49. The molecule has 0 bridgehead atoms. The van der Waals surface area contributed by atoms with Gasteiger partial charge in [0.05, 0.1) is 12.3 Å². The van der Waals surface area contributed by atoms with E-state index in [1.54, 1.807) is 23.5 Å². The Morgan fingerprint density at radius 3 is 2.96 bits per heavy atom. The average Bonchev–Trinajstić information content (AvgIpc) is 3.29. The molecule has 3 heterocycles. The molecule has 0 N–H and O–H groups in total. The highest BCUT2D eigenvalue weighted by Gasteiger charge is 2.14. The second-order valence-corrected chi connectivity index (χ2v) is 8.04. The summed E-state index contributed by atoms with van der Waals surface area (Å²) in [4.78, 5) is 5.23. The van der Waals surface area contributed by atoms with Crippen LogP contribution >= 0.6 is 34.9 Å². The van der Waals surface area contributed by atoms with E-state index in [4.69, 9.17) is 4.74 Å². The first-order valence-corrected chi connectivity index (χ1v) is 9.85. The molecule has 0 amide bonds. The smallest absolute Gasteiger partial charge is 0.234 e. The second kappa shape index (κ2) is 6.90. The minimum absolute atomic E-state index is 0.438. The SMILES string of the molecule is c1ccc(OCc2nn3c(CSC4=NCCS4)nnc3s2)cc1. The van der Waals surface area contributed by atoms with Gasteiger partial charge in [0.2, 0.25) is 4.96 Å². The molecule has 0 saturated carbocycles. The average molecular weight is 363 g/mol. The van der Waals surface area contributed by atoms with Gasteiger partial charge in [0, 0.05) is 5.75 Å². The summed E-state index contributed by atoms with van der Waals surface area (Å²) in [6.45, 7) is 1.35. The molecule has 1 aliphatic heterocycles. The Morgan fingerprint density at radius 1 is 1.22 bits per heavy atom. The van der Waals surface area contributed by atoms with Crippen LogP contribution in [-0.2, 0) is 12.4 Å². The fourth-order valence-corrected chi connectivity index (χ4v) is 4.72. The van der Waals surface area contributed by atoms with Crippen molar-refractivity contribution in [3.8, 4) is 5.75 Å². The van der Waals surface area contributed by atoms with Crippen molar-refractivity contribution in [2.24, 2.45) is 4.99 Å². The van der Waals surface area contributed by atoms with Crippen molar-refractivity contribution in [2.75, 3.05) is 12.3 Å². The molecule has 1 aliphatic rings. The van der Waals surface area contributed by atoms with Crippen LogP contribution in [0.1, 0.15) is 10.8 Å². The summed E-state index contributed by atoms with van der Waals surface area (Å²) in [5, 5.41) is 13.8. The number of rotatable bonds is 5. The van der Waals surface area contributed by atoms with E-state index in [-0.39, 0.29) is 0 Å². The molecular formula is C14H13N5OS3. The maximum absolute atomic E-state index is 5.73. The highest BCUT2D eigenvalue weighted by molar-refractivity contribution is 8.38. The minimum atomic E-state index is 0.438. The molecule has 0 atom stereocenters. The van der Waals surface area contributed by atoms with Crippen LogP contribution in [0.4, 0.5) is 0 Å². The van der Waals surface area contributed by atoms with Gasteiger partial charge in [-0.15, -0.1) is 10.2 Å². The number of benzene rings is 1. The van der Waals surface area contributed by atoms with Gasteiger partial charge in [-0.05, 0) is 12.1 Å². The van der Waals surface area contributed by atoms with Gasteiger partial charge < -0.3 is 4.74 Å². The molecule has 0 fully saturated rings. The maximum Gasteiger partial charge on any atom is 0.234 e. The van der Waals surface area contributed by atoms with Crippen molar-refractivity contribution in [3.05, 3.63) is 41.2 Å². The Labute approximate surface area is 145 Å². The predicted octanol–water partition coefficient (Wildman–Crippen LogP) is 3.10. The van der Waals surface area contributed by atoms with E-state index < -0.39 is 0 Å². The lowest BCUT2D eigenvalue weighted by Crippen LogP contribution is -1.99. The molecule has 0 saturated heterocycles. The zero-order valence-corrected chi connectivity index (χ0v) is 14.5. The molecule has 3 aromatic rings. The van der Waals surface area contributed by atoms with E-state index in [0.717, 1.165) is 44.0 Å². The minimum Gasteiger partial charge on any atom is -0.486 e. The van der Waals surface area contributed by atoms with Crippen LogP contribution in [0.25, 0.3) is 4.96 Å². The van der Waals surface area contributed by atoms with Gasteiger partial charge in [-0.1, -0.05) is 53.1 Å². The number of fused-ring (bicyclic) bond motifs is 1. The largest absolute Gasteiger partial charge is 0.486 e. The monoisotopic (exact) mass is 363 g/mol. The summed E-state index contributed by atoms with van der Waals surface area (Å²) in [5.74, 6) is 3.50. The van der Waals surface area contributed by atoms with Crippen molar-refractivity contribution >= 4 is 44.2 Å². The molecule has 23 heavy (non-hydrogen) atoms. The van der Waals surface area contributed by atoms with E-state index >= 15 is 0 Å². The first-order chi connectivity index (χ1) is 11.4. The van der Waals surface area contributed by atoms with Crippen LogP contribution in [0, 0.1) is 0 Å². The van der Waals surface area contributed by atoms with Gasteiger partial charge in [0.15, 0.2) is 10.8 Å². The molecule has 4 rings (SSSR count). The molecule has 0 radical (unpaired) electrons. The first kappa shape index (κ1) is 15.0. The van der Waals surface area contributed by atoms with Crippen LogP contribution < -0.4 is 4.74 Å². The van der Waals surface area contributed by atoms with Crippen molar-refractivity contribution in [2.45, 2.75) is 12.4 Å². The number of para-hydroxylation sites is 1. The number of hydrogen-bond donors (Lipinski definition) is 0. The van der Waals surface area contributed by atoms with Gasteiger partial charge in [-0.25, -0.2) is 0 Å². The molecule has 0 unspecified atom stereocenters. The van der Waals surface area contributed by atoms with E-state index in [1.165, 1.54) is 11.3 Å². The Hall–Kier alpha value is -1.58. The Balaban J connectivity index is 1.43. The molecule has 0 aliphatic carbocycles. The zero-order valence-electron chi connectivity index (χ0n) is 12.1. The summed E-state index contributed by atoms with van der Waals surface area (Å²) < 4.78 is 8.67. The Bertz CT molecular complexity index is 829. The second-order valence-electron chi connectivity index (χ2n) is 4.69. The summed E-state index contributed by atoms with van der Waals surface area (Å²) >= 11 is 5.00. The maximum atomic E-state index is 5.73. The van der Waals surface area contributed by atoms with Gasteiger partial charge in [0.1, 0.15) is 16.7 Å². The highest BCUT2D eigenvalue weighted by atomic mass is 32.2. The van der Waals surface area contributed by atoms with Crippen LogP contribution in [-0.4, -0.2) is 36.5 Å². The Morgan fingerprint density at radius 2 is 2.13 bits per heavy atom. The number of hydrogen-bond acceptors (Lipinski definition) is 8. The van der Waals surface area contributed by atoms with E-state index in [1.807, 2.05) is 34.8 Å². The zero-order chi connectivity index (χ0) is 15.5. The summed E-state index contributed by atoms with van der Waals surface area (Å²) in [6, 6.07) is 9.73. The fourth-order valence-electron chi connectivity index (χ4n) is 2.04. The number of nitrogens with zero attached hydrogens (tertiary/aromatic N) is 5. The standard InChI is InChI=1S/C14H13N5OS3/c1-2-4-10(5-3-1)20-8-12-18-19-11(16-17-13(19)23-12)9-22-14-15-6-7-21-14/h1-5H,6-9H2. The number of ether oxygens (including phenoxy) is 1. The third kappa shape index (κ3) is 3.51. The van der Waals surface area contributed by atoms with Crippen molar-refractivity contribution in [1.29, 1.82) is 0 Å². The molecule has 6 nitrogen and oxygen atoms in total. The first-order valence-electron chi connectivity index (χ1n) is 7.06. The van der Waals surface area contributed by atoms with Gasteiger partial charge in [-0.3, -0.25) is 4.99 Å². The van der Waals surface area contributed by atoms with Gasteiger partial charge in [0.25, 0.3) is 0 Å². The predicted molar refractivity (Wildman–Crippen MR) is 95.5 cm³/mol. The molecule has 118 valence electrons. The normalized spacial score (nSPS) is 14.3. The van der Waals surface area contributed by atoms with E-state index in [9.17, 15) is 0 Å². The summed E-state index contributed by atoms with van der Waals surface area (Å²) in [5.41, 5.74) is 0. The van der Waals surface area contributed by atoms with Crippen LogP contribution in [0.15, 0.2) is 35.3 Å². The lowest BCUT2D eigenvalue weighted by molar-refractivity contribution is 0.304. The molecule has 9 heteroatoms. The third-order valence-electron chi connectivity index (χ3n) is 3.09. The summed E-state index contributed by atoms with van der Waals surface area (Å²) in [7, 11) is 0. The van der Waals surface area contributed by atoms with Crippen LogP contribution in [0.2, 0.25) is 0 Å². The van der Waals surface area contributed by atoms with Crippen LogP contribution in [0.5, 0.6) is 5.75 Å². The lowest BCUT2D eigenvalue weighted by Gasteiger charge is -2.02. The molecule has 1 aromatic carbocycles.